The second-order valence-electron chi connectivity index (χ2n) is 24.6. The highest BCUT2D eigenvalue weighted by Gasteiger charge is 2.29. The Balaban J connectivity index is -0.000000601. The van der Waals surface area contributed by atoms with Crippen LogP contribution in [0.2, 0.25) is 6.82 Å². The van der Waals surface area contributed by atoms with Crippen LogP contribution in [0.4, 0.5) is 28.4 Å². The summed E-state index contributed by atoms with van der Waals surface area (Å²) in [7, 11) is -0.305. The molecule has 28 nitrogen and oxygen atoms in total. The number of halogens is 1. The zero-order valence-electron chi connectivity index (χ0n) is 62.6. The molecule has 34 heteroatoms. The number of esters is 1. The molecular weight excluding hydrogens is 1540 g/mol. The van der Waals surface area contributed by atoms with Gasteiger partial charge in [-0.1, -0.05) is 148 Å². The molecule has 0 aromatic heterocycles. The standard InChI is InChI=1S/C15H24N2O3S.C15H20N2O3S.C9H8N2O3.C9H10N2O.C7H5NO3.C6H11ClO2S.C4H8O2.2C4H8O.CH3B.CH4S.3CH4/c2*16-10-9-15(18)12-5-4-6-13(11-12)17-21(19,20)14-7-2-1-3-8-14;10-5-4-9(12)7-2-1-3-8(6-7)11(13)14;10-5-4-9(12)7-2-1-3-8(11)6-7;9-5-6-2-1-3-7(4-6)8(10)11;7-10(8,9)6-4-2-1-3-5-6;1-3-6-4(2)5;2*1-2-4-5-3-1;2*1-2;;;/h4-6,11,14-15,17-18H,1-3,7-10,16H2;4-6,11,14-15,17-18H,1-3,7-9H2;1-3,6,9,12H,4H2;1-3,6,9,12H,4,11H2;1-5H;6H,1-5H2;3H2,1-2H3;2*1-4H2;1H3;2H,1H3;3*1H4. The van der Waals surface area contributed by atoms with E-state index in [1.54, 1.807) is 98.1 Å². The number of carbonyl (C=O) groups is 2. The number of nitro benzene ring substituents is 2. The van der Waals surface area contributed by atoms with E-state index in [1.165, 1.54) is 81.9 Å². The van der Waals surface area contributed by atoms with Crippen molar-refractivity contribution in [2.75, 3.05) is 61.0 Å². The first kappa shape index (κ1) is 111. The van der Waals surface area contributed by atoms with E-state index in [2.05, 4.69) is 34.7 Å². The highest BCUT2D eigenvalue weighted by atomic mass is 35.7. The molecule has 2 radical (unpaired) electrons. The van der Waals surface area contributed by atoms with Crippen LogP contribution < -0.4 is 20.9 Å². The summed E-state index contributed by atoms with van der Waals surface area (Å²) in [5.41, 5.74) is 15.0. The van der Waals surface area contributed by atoms with E-state index in [0.717, 1.165) is 110 Å². The zero-order valence-corrected chi connectivity index (χ0v) is 66.7. The molecule has 3 aliphatic carbocycles. The van der Waals surface area contributed by atoms with E-state index < -0.39 is 63.4 Å². The fraction of sp³-hybridized carbons (Fsp3) is 0.551. The maximum atomic E-state index is 12.4. The van der Waals surface area contributed by atoms with Crippen molar-refractivity contribution >= 4 is 101 Å². The molecule has 2 saturated heterocycles. The SMILES string of the molecule is C.C.C.C1CCOC1.C1CCOC1.CCOC(C)=O.CS.N#CCC(O)c1cccc(N)c1.N#CCC(O)c1cccc(NS(=O)(=O)C2CCCCC2)c1.N#CCC(O)c1cccc([N+](=O)[O-])c1.NCCC(O)c1cccc(NS(=O)(=O)C2CCCCC2)c1.O=Cc1cccc([N+](=O)[O-])c1.O=S(=O)(Cl)C1CCCCC1.[B]C. The molecule has 5 aromatic carbocycles. The van der Waals surface area contributed by atoms with Gasteiger partial charge in [0, 0.05) is 90.9 Å². The number of hydrogen-bond acceptors (Lipinski definition) is 25. The Morgan fingerprint density at radius 2 is 0.902 bits per heavy atom. The molecule has 4 atom stereocenters. The molecule has 0 spiro atoms. The zero-order chi connectivity index (χ0) is 82.1. The van der Waals surface area contributed by atoms with E-state index in [-0.39, 0.29) is 74.6 Å². The first-order valence-electron chi connectivity index (χ1n) is 35.9. The van der Waals surface area contributed by atoms with Crippen LogP contribution in [-0.4, -0.2) is 137 Å². The second kappa shape index (κ2) is 65.6. The molecule has 5 fully saturated rings. The molecular formula is C78H121BClN9O19S4. The number of rotatable bonds is 20. The summed E-state index contributed by atoms with van der Waals surface area (Å²) in [6.45, 7) is 9.54. The molecule has 2 aliphatic heterocycles. The van der Waals surface area contributed by atoms with Gasteiger partial charge in [-0.2, -0.15) is 28.4 Å². The van der Waals surface area contributed by atoms with Crippen LogP contribution in [0.3, 0.4) is 0 Å². The van der Waals surface area contributed by atoms with Gasteiger partial charge in [0.25, 0.3) is 11.4 Å². The molecule has 5 aliphatic rings. The van der Waals surface area contributed by atoms with Gasteiger partial charge >= 0.3 is 5.97 Å². The smallest absolute Gasteiger partial charge is 0.302 e. The molecule has 2 heterocycles. The van der Waals surface area contributed by atoms with Crippen LogP contribution in [0.5, 0.6) is 0 Å². The van der Waals surface area contributed by atoms with Crippen LogP contribution >= 0.6 is 23.3 Å². The number of carbonyl (C=O) groups excluding carboxylic acids is 2. The Bertz CT molecular complexity index is 3840. The summed E-state index contributed by atoms with van der Waals surface area (Å²) < 4.78 is 90.5. The van der Waals surface area contributed by atoms with E-state index in [1.807, 2.05) is 12.1 Å². The van der Waals surface area contributed by atoms with Crippen LogP contribution in [0, 0.1) is 54.2 Å². The molecule has 0 amide bonds. The van der Waals surface area contributed by atoms with Crippen molar-refractivity contribution in [3.8, 4) is 18.2 Å². The number of anilines is 3. The van der Waals surface area contributed by atoms with E-state index in [0.29, 0.717) is 83.6 Å². The third kappa shape index (κ3) is 49.6. The summed E-state index contributed by atoms with van der Waals surface area (Å²) in [5.74, 6) is -0.211. The monoisotopic (exact) mass is 1660 g/mol. The Hall–Kier alpha value is -7.82. The normalized spacial score (nSPS) is 15.1. The van der Waals surface area contributed by atoms with Crippen molar-refractivity contribution < 1.29 is 79.3 Å². The number of aldehydes is 1. The first-order chi connectivity index (χ1) is 52.0. The highest BCUT2D eigenvalue weighted by Crippen LogP contribution is 2.30. The first-order valence-corrected chi connectivity index (χ1v) is 42.2. The van der Waals surface area contributed by atoms with Crippen molar-refractivity contribution in [2.45, 2.75) is 231 Å². The van der Waals surface area contributed by atoms with Gasteiger partial charge in [-0.15, -0.1) is 0 Å². The van der Waals surface area contributed by atoms with E-state index >= 15 is 0 Å². The number of nitriles is 3. The topological polar surface area (TPSA) is 479 Å². The summed E-state index contributed by atoms with van der Waals surface area (Å²) in [6.07, 6.45) is 18.2. The van der Waals surface area contributed by atoms with Gasteiger partial charge in [-0.3, -0.25) is 39.3 Å². The van der Waals surface area contributed by atoms with Gasteiger partial charge in [-0.25, -0.2) is 25.3 Å². The Kier molecular flexibility index (Phi) is 64.7. The number of nitrogens with one attached hydrogen (secondary N) is 2. The number of sulfonamides is 2. The number of benzene rings is 5. The highest BCUT2D eigenvalue weighted by molar-refractivity contribution is 8.14. The number of nitrogens with two attached hydrogens (primary N) is 2. The fourth-order valence-electron chi connectivity index (χ4n) is 10.7. The minimum atomic E-state index is -3.39. The predicted octanol–water partition coefficient (Wildman–Crippen LogP) is 15.7. The molecule has 5 aromatic rings. The lowest BCUT2D eigenvalue weighted by Crippen LogP contribution is -2.29. The minimum Gasteiger partial charge on any atom is -0.466 e. The third-order valence-corrected chi connectivity index (χ3v) is 22.0. The third-order valence-electron chi connectivity index (χ3n) is 16.3. The van der Waals surface area contributed by atoms with Crippen molar-refractivity contribution in [1.82, 2.24) is 0 Å². The molecule has 626 valence electrons. The summed E-state index contributed by atoms with van der Waals surface area (Å²) in [6, 6.07) is 37.2. The number of aliphatic hydroxyl groups excluding tert-OH is 4. The maximum Gasteiger partial charge on any atom is 0.302 e. The number of nitrogens with zero attached hydrogens (tertiary/aromatic N) is 5. The van der Waals surface area contributed by atoms with Gasteiger partial charge in [0.1, 0.15) is 6.29 Å². The molecule has 4 unspecified atom stereocenters. The van der Waals surface area contributed by atoms with E-state index in [9.17, 15) is 75.5 Å². The van der Waals surface area contributed by atoms with Gasteiger partial charge in [0.2, 0.25) is 29.1 Å². The molecule has 112 heavy (non-hydrogen) atoms. The van der Waals surface area contributed by atoms with Crippen LogP contribution in [0.1, 0.15) is 241 Å². The van der Waals surface area contributed by atoms with Gasteiger partial charge in [0.15, 0.2) is 0 Å². The van der Waals surface area contributed by atoms with Crippen molar-refractivity contribution in [3.63, 3.8) is 0 Å². The fourth-order valence-corrected chi connectivity index (χ4v) is 15.3. The quantitative estimate of drug-likeness (QED) is 0.00511. The molecule has 3 saturated carbocycles. The number of nitrogen functional groups attached to an aromatic ring is 1. The number of hydrogen-bond donors (Lipinski definition) is 9. The average molecular weight is 1660 g/mol. The Morgan fingerprint density at radius 3 is 1.20 bits per heavy atom. The van der Waals surface area contributed by atoms with Crippen LogP contribution in [0.25, 0.3) is 0 Å². The lowest BCUT2D eigenvalue weighted by molar-refractivity contribution is -0.385. The number of non-ortho nitro benzene ring substituents is 2. The number of ether oxygens (including phenoxy) is 3. The largest absolute Gasteiger partial charge is 0.466 e. The van der Waals surface area contributed by atoms with Crippen LogP contribution in [-0.2, 0) is 48.1 Å². The number of aliphatic hydroxyl groups is 4. The van der Waals surface area contributed by atoms with E-state index in [4.69, 9.17) is 47.4 Å². The van der Waals surface area contributed by atoms with Crippen LogP contribution in [0.15, 0.2) is 121 Å². The molecule has 10 rings (SSSR count). The van der Waals surface area contributed by atoms with Gasteiger partial charge in [0.05, 0.1) is 102 Å². The molecule has 10 N–H and O–H groups in total. The van der Waals surface area contributed by atoms with Crippen molar-refractivity contribution in [1.29, 1.82) is 15.8 Å². The van der Waals surface area contributed by atoms with Crippen molar-refractivity contribution in [3.05, 3.63) is 169 Å². The Morgan fingerprint density at radius 1 is 0.571 bits per heavy atom. The Labute approximate surface area is 677 Å². The van der Waals surface area contributed by atoms with Gasteiger partial charge < -0.3 is 46.1 Å². The lowest BCUT2D eigenvalue weighted by Gasteiger charge is -2.22. The lowest BCUT2D eigenvalue weighted by atomic mass is 10.0. The second-order valence-corrected chi connectivity index (χ2v) is 31.4. The average Bonchev–Trinajstić information content (AvgIpc) is 0.860. The number of thiol groups is 1. The van der Waals surface area contributed by atoms with Gasteiger partial charge in [-0.05, 0) is 149 Å². The summed E-state index contributed by atoms with van der Waals surface area (Å²) >= 11 is 3.53. The van der Waals surface area contributed by atoms with Crippen molar-refractivity contribution in [2.24, 2.45) is 5.73 Å². The minimum absolute atomic E-state index is 0. The summed E-state index contributed by atoms with van der Waals surface area (Å²) in [5, 5.41) is 83.4. The number of nitro groups is 2. The predicted molar refractivity (Wildman–Crippen MR) is 449 cm³/mol. The maximum absolute atomic E-state index is 12.4. The summed E-state index contributed by atoms with van der Waals surface area (Å²) in [4.78, 5) is 39.5. The molecule has 0 bridgehead atoms.